The van der Waals surface area contributed by atoms with E-state index in [9.17, 15) is 0 Å². The Bertz CT molecular complexity index is 540. The van der Waals surface area contributed by atoms with E-state index in [0.717, 1.165) is 25.2 Å². The number of anilines is 2. The van der Waals surface area contributed by atoms with Crippen molar-refractivity contribution in [2.45, 2.75) is 13.0 Å². The first kappa shape index (κ1) is 11.9. The lowest BCUT2D eigenvalue weighted by Crippen LogP contribution is -2.08. The third-order valence-electron chi connectivity index (χ3n) is 2.52. The number of hydrogen-bond donors (Lipinski definition) is 2. The van der Waals surface area contributed by atoms with Crippen molar-refractivity contribution in [1.82, 2.24) is 15.0 Å². The molecule has 0 amide bonds. The van der Waals surface area contributed by atoms with E-state index in [2.05, 4.69) is 21.7 Å². The molecular weight excluding hydrogens is 228 g/mol. The molecule has 0 fully saturated rings. The molecule has 0 aliphatic carbocycles. The van der Waals surface area contributed by atoms with Gasteiger partial charge in [-0.1, -0.05) is 5.21 Å². The molecule has 0 saturated carbocycles. The smallest absolute Gasteiger partial charge is 0.101 e. The van der Waals surface area contributed by atoms with Gasteiger partial charge in [0.05, 0.1) is 17.4 Å². The summed E-state index contributed by atoms with van der Waals surface area (Å²) in [6.07, 6.45) is 4.38. The van der Waals surface area contributed by atoms with Crippen LogP contribution in [0, 0.1) is 11.3 Å². The number of aryl methyl sites for hydroxylation is 1. The molecule has 0 unspecified atom stereocenters. The first-order valence-corrected chi connectivity index (χ1v) is 5.67. The number of nitrogens with one attached hydrogen (secondary N) is 1. The summed E-state index contributed by atoms with van der Waals surface area (Å²) in [5, 5.41) is 19.8. The van der Waals surface area contributed by atoms with Crippen LogP contribution in [0.3, 0.4) is 0 Å². The zero-order valence-corrected chi connectivity index (χ0v) is 9.87. The van der Waals surface area contributed by atoms with E-state index in [1.54, 1.807) is 23.0 Å². The van der Waals surface area contributed by atoms with Crippen molar-refractivity contribution in [3.05, 3.63) is 36.2 Å². The molecule has 0 aliphatic heterocycles. The fraction of sp³-hybridized carbons (Fsp3) is 0.250. The number of nitrogen functional groups attached to an aromatic ring is 1. The summed E-state index contributed by atoms with van der Waals surface area (Å²) in [6, 6.07) is 7.39. The Labute approximate surface area is 105 Å². The van der Waals surface area contributed by atoms with Gasteiger partial charge in [0.2, 0.25) is 0 Å². The predicted molar refractivity (Wildman–Crippen MR) is 68.7 cm³/mol. The number of benzene rings is 1. The van der Waals surface area contributed by atoms with Crippen molar-refractivity contribution in [2.75, 3.05) is 17.6 Å². The minimum Gasteiger partial charge on any atom is -0.399 e. The zero-order chi connectivity index (χ0) is 12.8. The van der Waals surface area contributed by atoms with Gasteiger partial charge in [0.1, 0.15) is 6.07 Å². The topological polar surface area (TPSA) is 92.6 Å². The fourth-order valence-electron chi connectivity index (χ4n) is 1.62. The lowest BCUT2D eigenvalue weighted by atomic mass is 10.1. The van der Waals surface area contributed by atoms with Gasteiger partial charge in [0, 0.05) is 25.0 Å². The first-order chi connectivity index (χ1) is 8.79. The largest absolute Gasteiger partial charge is 0.399 e. The first-order valence-electron chi connectivity index (χ1n) is 5.67. The molecule has 1 aromatic heterocycles. The monoisotopic (exact) mass is 242 g/mol. The second-order valence-corrected chi connectivity index (χ2v) is 3.86. The van der Waals surface area contributed by atoms with E-state index >= 15 is 0 Å². The molecule has 3 N–H and O–H groups in total. The minimum absolute atomic E-state index is 0.566. The zero-order valence-electron chi connectivity index (χ0n) is 9.87. The molecule has 0 radical (unpaired) electrons. The maximum absolute atomic E-state index is 8.98. The van der Waals surface area contributed by atoms with Crippen molar-refractivity contribution in [2.24, 2.45) is 0 Å². The van der Waals surface area contributed by atoms with Crippen LogP contribution in [0.4, 0.5) is 11.4 Å². The highest BCUT2D eigenvalue weighted by molar-refractivity contribution is 5.62. The summed E-state index contributed by atoms with van der Waals surface area (Å²) >= 11 is 0. The van der Waals surface area contributed by atoms with Crippen LogP contribution < -0.4 is 11.1 Å². The standard InChI is InChI=1S/C12H14N6/c13-9-10-8-11(14)2-3-12(10)15-4-1-6-18-7-5-16-17-18/h2-3,5,7-8,15H,1,4,6,14H2. The van der Waals surface area contributed by atoms with E-state index < -0.39 is 0 Å². The van der Waals surface area contributed by atoms with Gasteiger partial charge in [0.25, 0.3) is 0 Å². The van der Waals surface area contributed by atoms with Gasteiger partial charge < -0.3 is 11.1 Å². The normalized spacial score (nSPS) is 9.94. The van der Waals surface area contributed by atoms with Gasteiger partial charge in [-0.2, -0.15) is 5.26 Å². The number of rotatable bonds is 5. The van der Waals surface area contributed by atoms with Crippen LogP contribution >= 0.6 is 0 Å². The van der Waals surface area contributed by atoms with E-state index in [-0.39, 0.29) is 0 Å². The lowest BCUT2D eigenvalue weighted by Gasteiger charge is -2.08. The summed E-state index contributed by atoms with van der Waals surface area (Å²) in [7, 11) is 0. The van der Waals surface area contributed by atoms with Gasteiger partial charge in [-0.05, 0) is 24.6 Å². The molecule has 2 aromatic rings. The molecule has 18 heavy (non-hydrogen) atoms. The van der Waals surface area contributed by atoms with Crippen LogP contribution in [0.2, 0.25) is 0 Å². The SMILES string of the molecule is N#Cc1cc(N)ccc1NCCCn1ccnn1. The average Bonchev–Trinajstić information content (AvgIpc) is 2.89. The van der Waals surface area contributed by atoms with Crippen molar-refractivity contribution in [1.29, 1.82) is 5.26 Å². The van der Waals surface area contributed by atoms with Gasteiger partial charge in [-0.25, -0.2) is 0 Å². The minimum atomic E-state index is 0.566. The molecular formula is C12H14N6. The number of hydrogen-bond acceptors (Lipinski definition) is 5. The molecule has 0 bridgehead atoms. The Morgan fingerprint density at radius 2 is 2.33 bits per heavy atom. The summed E-state index contributed by atoms with van der Waals surface area (Å²) < 4.78 is 1.77. The third kappa shape index (κ3) is 2.98. The molecule has 92 valence electrons. The summed E-state index contributed by atoms with van der Waals surface area (Å²) in [5.74, 6) is 0. The highest BCUT2D eigenvalue weighted by Crippen LogP contribution is 2.17. The lowest BCUT2D eigenvalue weighted by molar-refractivity contribution is 0.570. The van der Waals surface area contributed by atoms with E-state index in [1.807, 2.05) is 12.3 Å². The summed E-state index contributed by atoms with van der Waals surface area (Å²) in [4.78, 5) is 0. The van der Waals surface area contributed by atoms with Crippen molar-refractivity contribution >= 4 is 11.4 Å². The van der Waals surface area contributed by atoms with E-state index in [0.29, 0.717) is 11.3 Å². The Balaban J connectivity index is 1.85. The maximum Gasteiger partial charge on any atom is 0.101 e. The number of nitrogens with zero attached hydrogens (tertiary/aromatic N) is 4. The van der Waals surface area contributed by atoms with Crippen LogP contribution in [-0.4, -0.2) is 21.5 Å². The predicted octanol–water partition coefficient (Wildman–Crippen LogP) is 1.23. The fourth-order valence-corrected chi connectivity index (χ4v) is 1.62. The highest BCUT2D eigenvalue weighted by atomic mass is 15.4. The van der Waals surface area contributed by atoms with Crippen molar-refractivity contribution in [3.63, 3.8) is 0 Å². The van der Waals surface area contributed by atoms with Crippen LogP contribution in [0.1, 0.15) is 12.0 Å². The van der Waals surface area contributed by atoms with Crippen LogP contribution in [0.15, 0.2) is 30.6 Å². The highest BCUT2D eigenvalue weighted by Gasteiger charge is 2.01. The second-order valence-electron chi connectivity index (χ2n) is 3.86. The number of nitriles is 1. The average molecular weight is 242 g/mol. The molecule has 1 heterocycles. The molecule has 0 atom stereocenters. The van der Waals surface area contributed by atoms with Gasteiger partial charge >= 0.3 is 0 Å². The Morgan fingerprint density at radius 1 is 1.44 bits per heavy atom. The van der Waals surface area contributed by atoms with E-state index in [1.165, 1.54) is 0 Å². The van der Waals surface area contributed by atoms with Crippen LogP contribution in [0.25, 0.3) is 0 Å². The van der Waals surface area contributed by atoms with Crippen molar-refractivity contribution < 1.29 is 0 Å². The second kappa shape index (κ2) is 5.68. The molecule has 0 saturated heterocycles. The quantitative estimate of drug-likeness (QED) is 0.607. The van der Waals surface area contributed by atoms with Gasteiger partial charge in [-0.15, -0.1) is 5.10 Å². The molecule has 1 aromatic carbocycles. The Kier molecular flexibility index (Phi) is 3.76. The van der Waals surface area contributed by atoms with Crippen LogP contribution in [0.5, 0.6) is 0 Å². The molecule has 0 aliphatic rings. The van der Waals surface area contributed by atoms with Gasteiger partial charge in [0.15, 0.2) is 0 Å². The Hall–Kier alpha value is -2.55. The summed E-state index contributed by atoms with van der Waals surface area (Å²) in [5.41, 5.74) is 7.60. The molecule has 0 spiro atoms. The van der Waals surface area contributed by atoms with Crippen molar-refractivity contribution in [3.8, 4) is 6.07 Å². The molecule has 6 nitrogen and oxygen atoms in total. The van der Waals surface area contributed by atoms with E-state index in [4.69, 9.17) is 11.0 Å². The Morgan fingerprint density at radius 3 is 3.06 bits per heavy atom. The molecule has 6 heteroatoms. The van der Waals surface area contributed by atoms with Gasteiger partial charge in [-0.3, -0.25) is 4.68 Å². The third-order valence-corrected chi connectivity index (χ3v) is 2.52. The number of nitrogens with two attached hydrogens (primary N) is 1. The number of aromatic nitrogens is 3. The molecule has 2 rings (SSSR count). The van der Waals surface area contributed by atoms with Crippen LogP contribution in [-0.2, 0) is 6.54 Å². The summed E-state index contributed by atoms with van der Waals surface area (Å²) in [6.45, 7) is 1.56. The maximum atomic E-state index is 8.98.